The van der Waals surface area contributed by atoms with E-state index in [-0.39, 0.29) is 5.41 Å². The minimum Gasteiger partial charge on any atom is -0.361 e. The molecule has 0 aliphatic heterocycles. The maximum atomic E-state index is 5.24. The molecule has 0 aromatic carbocycles. The van der Waals surface area contributed by atoms with Crippen LogP contribution in [-0.4, -0.2) is 5.16 Å². The minimum atomic E-state index is 0.191. The van der Waals surface area contributed by atoms with Gasteiger partial charge >= 0.3 is 0 Å². The molecular weight excluding hydrogens is 174 g/mol. The van der Waals surface area contributed by atoms with E-state index in [0.29, 0.717) is 0 Å². The molecule has 0 radical (unpaired) electrons. The van der Waals surface area contributed by atoms with Crippen molar-refractivity contribution in [2.75, 3.05) is 0 Å². The molecule has 1 heterocycles. The molecule has 0 saturated heterocycles. The van der Waals surface area contributed by atoms with Gasteiger partial charge in [0.05, 0.1) is 5.69 Å². The Bertz CT molecular complexity index is 303. The first kappa shape index (κ1) is 11.3. The fourth-order valence-electron chi connectivity index (χ4n) is 2.00. The molecule has 2 heteroatoms. The lowest BCUT2D eigenvalue weighted by Crippen LogP contribution is -2.22. The van der Waals surface area contributed by atoms with Crippen LogP contribution in [0.3, 0.4) is 0 Å². The Morgan fingerprint density at radius 3 is 2.29 bits per heavy atom. The van der Waals surface area contributed by atoms with Gasteiger partial charge in [-0.2, -0.15) is 0 Å². The Labute approximate surface area is 86.7 Å². The summed E-state index contributed by atoms with van der Waals surface area (Å²) in [5.74, 6) is 0.954. The smallest absolute Gasteiger partial charge is 0.136 e. The normalized spacial score (nSPS) is 15.5. The van der Waals surface area contributed by atoms with Crippen molar-refractivity contribution >= 4 is 0 Å². The second-order valence-electron chi connectivity index (χ2n) is 4.38. The molecule has 1 aromatic rings. The van der Waals surface area contributed by atoms with Gasteiger partial charge in [0.15, 0.2) is 0 Å². The van der Waals surface area contributed by atoms with E-state index >= 15 is 0 Å². The summed E-state index contributed by atoms with van der Waals surface area (Å²) in [5, 5.41) is 4.20. The third kappa shape index (κ3) is 1.84. The third-order valence-electron chi connectivity index (χ3n) is 3.31. The van der Waals surface area contributed by atoms with Gasteiger partial charge in [0.2, 0.25) is 0 Å². The summed E-state index contributed by atoms with van der Waals surface area (Å²) in [4.78, 5) is 0. The Morgan fingerprint density at radius 1 is 1.29 bits per heavy atom. The molecule has 1 unspecified atom stereocenters. The van der Waals surface area contributed by atoms with E-state index in [1.54, 1.807) is 0 Å². The Kier molecular flexibility index (Phi) is 3.35. The molecule has 0 amide bonds. The molecule has 1 atom stereocenters. The zero-order valence-corrected chi connectivity index (χ0v) is 9.98. The van der Waals surface area contributed by atoms with Gasteiger partial charge in [-0.25, -0.2) is 0 Å². The van der Waals surface area contributed by atoms with Crippen molar-refractivity contribution in [3.8, 4) is 0 Å². The Morgan fingerprint density at radius 2 is 1.93 bits per heavy atom. The summed E-state index contributed by atoms with van der Waals surface area (Å²) in [6.45, 7) is 10.8. The van der Waals surface area contributed by atoms with Crippen LogP contribution < -0.4 is 0 Å². The number of nitrogens with zero attached hydrogens (tertiary/aromatic N) is 1. The molecule has 80 valence electrons. The third-order valence-corrected chi connectivity index (χ3v) is 3.31. The van der Waals surface area contributed by atoms with Crippen molar-refractivity contribution < 1.29 is 4.52 Å². The summed E-state index contributed by atoms with van der Waals surface area (Å²) >= 11 is 0. The molecule has 14 heavy (non-hydrogen) atoms. The molecule has 0 aliphatic carbocycles. The molecule has 1 rings (SSSR count). The van der Waals surface area contributed by atoms with Crippen LogP contribution in [0.5, 0.6) is 0 Å². The average molecular weight is 195 g/mol. The van der Waals surface area contributed by atoms with Crippen LogP contribution in [-0.2, 0) is 5.41 Å². The highest BCUT2D eigenvalue weighted by Crippen LogP contribution is 2.34. The van der Waals surface area contributed by atoms with Crippen LogP contribution >= 0.6 is 0 Å². The maximum Gasteiger partial charge on any atom is 0.136 e. The topological polar surface area (TPSA) is 26.0 Å². The molecule has 2 nitrogen and oxygen atoms in total. The molecule has 1 aromatic heterocycles. The van der Waals surface area contributed by atoms with Crippen molar-refractivity contribution in [2.24, 2.45) is 0 Å². The monoisotopic (exact) mass is 195 g/mol. The Balaban J connectivity index is 3.05. The molecule has 0 aliphatic rings. The SMILES string of the molecule is CCCC(C)(CC)c1noc(C)c1C. The molecule has 0 fully saturated rings. The highest BCUT2D eigenvalue weighted by Gasteiger charge is 2.29. The van der Waals surface area contributed by atoms with Gasteiger partial charge < -0.3 is 4.52 Å². The van der Waals surface area contributed by atoms with E-state index in [9.17, 15) is 0 Å². The highest BCUT2D eigenvalue weighted by atomic mass is 16.5. The summed E-state index contributed by atoms with van der Waals surface area (Å²) in [5.41, 5.74) is 2.57. The molecule has 0 saturated carbocycles. The van der Waals surface area contributed by atoms with Crippen LogP contribution in [0.2, 0.25) is 0 Å². The number of hydrogen-bond donors (Lipinski definition) is 0. The zero-order chi connectivity index (χ0) is 10.8. The van der Waals surface area contributed by atoms with Crippen molar-refractivity contribution in [1.29, 1.82) is 0 Å². The van der Waals surface area contributed by atoms with E-state index in [1.807, 2.05) is 6.92 Å². The second kappa shape index (κ2) is 4.16. The van der Waals surface area contributed by atoms with Crippen molar-refractivity contribution in [1.82, 2.24) is 5.16 Å². The first-order chi connectivity index (χ1) is 6.55. The number of hydrogen-bond acceptors (Lipinski definition) is 2. The molecule has 0 N–H and O–H groups in total. The van der Waals surface area contributed by atoms with E-state index in [1.165, 1.54) is 18.4 Å². The summed E-state index contributed by atoms with van der Waals surface area (Å²) < 4.78 is 5.24. The van der Waals surface area contributed by atoms with Gasteiger partial charge in [0.1, 0.15) is 5.76 Å². The first-order valence-corrected chi connectivity index (χ1v) is 5.48. The van der Waals surface area contributed by atoms with Gasteiger partial charge in [-0.1, -0.05) is 32.3 Å². The fraction of sp³-hybridized carbons (Fsp3) is 0.750. The predicted octanol–water partition coefficient (Wildman–Crippen LogP) is 3.76. The second-order valence-corrected chi connectivity index (χ2v) is 4.38. The fourth-order valence-corrected chi connectivity index (χ4v) is 2.00. The van der Waals surface area contributed by atoms with Crippen LogP contribution in [0.4, 0.5) is 0 Å². The summed E-state index contributed by atoms with van der Waals surface area (Å²) in [6.07, 6.45) is 3.49. The van der Waals surface area contributed by atoms with Crippen LogP contribution in [0.25, 0.3) is 0 Å². The van der Waals surface area contributed by atoms with Gasteiger partial charge in [-0.3, -0.25) is 0 Å². The Hall–Kier alpha value is -0.790. The largest absolute Gasteiger partial charge is 0.361 e. The van der Waals surface area contributed by atoms with E-state index in [4.69, 9.17) is 4.52 Å². The van der Waals surface area contributed by atoms with E-state index in [2.05, 4.69) is 32.9 Å². The first-order valence-electron chi connectivity index (χ1n) is 5.48. The van der Waals surface area contributed by atoms with Gasteiger partial charge in [0, 0.05) is 11.0 Å². The standard InChI is InChI=1S/C12H21NO/c1-6-8-12(5,7-2)11-9(3)10(4)14-13-11/h6-8H2,1-5H3. The number of rotatable bonds is 4. The number of aromatic nitrogens is 1. The summed E-state index contributed by atoms with van der Waals surface area (Å²) in [7, 11) is 0. The lowest BCUT2D eigenvalue weighted by atomic mass is 9.78. The minimum absolute atomic E-state index is 0.191. The average Bonchev–Trinajstić information content (AvgIpc) is 2.48. The van der Waals surface area contributed by atoms with Crippen LogP contribution in [0.1, 0.15) is 57.1 Å². The molecule has 0 bridgehead atoms. The van der Waals surface area contributed by atoms with Crippen LogP contribution in [0.15, 0.2) is 4.52 Å². The number of aryl methyl sites for hydroxylation is 1. The highest BCUT2D eigenvalue weighted by molar-refractivity contribution is 5.27. The van der Waals surface area contributed by atoms with Gasteiger partial charge in [-0.15, -0.1) is 0 Å². The lowest BCUT2D eigenvalue weighted by Gasteiger charge is -2.25. The van der Waals surface area contributed by atoms with Gasteiger partial charge in [-0.05, 0) is 26.7 Å². The quantitative estimate of drug-likeness (QED) is 0.731. The van der Waals surface area contributed by atoms with Crippen LogP contribution in [0, 0.1) is 13.8 Å². The lowest BCUT2D eigenvalue weighted by molar-refractivity contribution is 0.343. The predicted molar refractivity (Wildman–Crippen MR) is 58.5 cm³/mol. The molecular formula is C12H21NO. The maximum absolute atomic E-state index is 5.24. The van der Waals surface area contributed by atoms with Crippen molar-refractivity contribution in [3.05, 3.63) is 17.0 Å². The van der Waals surface area contributed by atoms with E-state index in [0.717, 1.165) is 17.9 Å². The van der Waals surface area contributed by atoms with Crippen molar-refractivity contribution in [2.45, 2.75) is 59.3 Å². The van der Waals surface area contributed by atoms with E-state index < -0.39 is 0 Å². The van der Waals surface area contributed by atoms with Crippen molar-refractivity contribution in [3.63, 3.8) is 0 Å². The summed E-state index contributed by atoms with van der Waals surface area (Å²) in [6, 6.07) is 0. The zero-order valence-electron chi connectivity index (χ0n) is 9.98. The molecule has 0 spiro atoms. The van der Waals surface area contributed by atoms with Gasteiger partial charge in [0.25, 0.3) is 0 Å².